The molecule has 2 unspecified atom stereocenters. The van der Waals surface area contributed by atoms with E-state index in [4.69, 9.17) is 0 Å². The van der Waals surface area contributed by atoms with Crippen molar-refractivity contribution in [1.29, 1.82) is 0 Å². The van der Waals surface area contributed by atoms with Crippen LogP contribution in [0.3, 0.4) is 0 Å². The van der Waals surface area contributed by atoms with Crippen molar-refractivity contribution in [2.24, 2.45) is 11.8 Å². The highest BCUT2D eigenvalue weighted by Crippen LogP contribution is 2.34. The standard InChI is InChI=1S/C28H52/c1-8-9-10-11-12-15-18-21-27(28(26(6)7)23-25(4)5)22-19-16-13-14-17-20-24(2)3/h27-28H,2,4,6,8-23H2,1,3,5,7H3. The van der Waals surface area contributed by atoms with Gasteiger partial charge in [-0.1, -0.05) is 101 Å². The fourth-order valence-corrected chi connectivity index (χ4v) is 4.39. The maximum Gasteiger partial charge on any atom is -0.0143 e. The van der Waals surface area contributed by atoms with Crippen molar-refractivity contribution in [3.05, 3.63) is 36.5 Å². The minimum atomic E-state index is 0.640. The van der Waals surface area contributed by atoms with E-state index >= 15 is 0 Å². The molecule has 0 aliphatic rings. The molecule has 2 atom stereocenters. The second-order valence-corrected chi connectivity index (χ2v) is 9.55. The van der Waals surface area contributed by atoms with Crippen LogP contribution in [-0.4, -0.2) is 0 Å². The van der Waals surface area contributed by atoms with Gasteiger partial charge in [0.25, 0.3) is 0 Å². The lowest BCUT2D eigenvalue weighted by atomic mass is 9.77. The van der Waals surface area contributed by atoms with Gasteiger partial charge < -0.3 is 0 Å². The Morgan fingerprint density at radius 3 is 1.50 bits per heavy atom. The molecule has 0 heteroatoms. The average molecular weight is 389 g/mol. The van der Waals surface area contributed by atoms with Crippen LogP contribution in [0.25, 0.3) is 0 Å². The van der Waals surface area contributed by atoms with Gasteiger partial charge in [0, 0.05) is 0 Å². The maximum absolute atomic E-state index is 4.34. The van der Waals surface area contributed by atoms with Crippen molar-refractivity contribution >= 4 is 0 Å². The van der Waals surface area contributed by atoms with Crippen LogP contribution >= 0.6 is 0 Å². The van der Waals surface area contributed by atoms with Crippen molar-refractivity contribution in [2.75, 3.05) is 0 Å². The van der Waals surface area contributed by atoms with E-state index in [0.29, 0.717) is 5.92 Å². The zero-order chi connectivity index (χ0) is 21.2. The van der Waals surface area contributed by atoms with E-state index in [1.54, 1.807) is 0 Å². The second-order valence-electron chi connectivity index (χ2n) is 9.55. The van der Waals surface area contributed by atoms with E-state index < -0.39 is 0 Å². The van der Waals surface area contributed by atoms with Crippen LogP contribution in [0, 0.1) is 11.8 Å². The Balaban J connectivity index is 4.32. The highest BCUT2D eigenvalue weighted by molar-refractivity contribution is 5.05. The number of rotatable bonds is 20. The molecule has 0 aliphatic carbocycles. The van der Waals surface area contributed by atoms with Crippen molar-refractivity contribution in [3.8, 4) is 0 Å². The van der Waals surface area contributed by atoms with E-state index in [0.717, 1.165) is 12.3 Å². The summed E-state index contributed by atoms with van der Waals surface area (Å²) >= 11 is 0. The zero-order valence-electron chi connectivity index (χ0n) is 20.1. The van der Waals surface area contributed by atoms with Crippen molar-refractivity contribution in [2.45, 2.75) is 130 Å². The van der Waals surface area contributed by atoms with Crippen molar-refractivity contribution < 1.29 is 0 Å². The second kappa shape index (κ2) is 18.3. The van der Waals surface area contributed by atoms with Gasteiger partial charge in [0.15, 0.2) is 0 Å². The molecule has 0 bridgehead atoms. The predicted molar refractivity (Wildman–Crippen MR) is 131 cm³/mol. The van der Waals surface area contributed by atoms with Crippen LogP contribution in [0.2, 0.25) is 0 Å². The zero-order valence-corrected chi connectivity index (χ0v) is 20.1. The largest absolute Gasteiger partial charge is 0.100 e. The highest BCUT2D eigenvalue weighted by atomic mass is 14.3. The summed E-state index contributed by atoms with van der Waals surface area (Å²) in [7, 11) is 0. The van der Waals surface area contributed by atoms with Gasteiger partial charge in [0.05, 0.1) is 0 Å². The van der Waals surface area contributed by atoms with Crippen molar-refractivity contribution in [1.82, 2.24) is 0 Å². The number of allylic oxidation sites excluding steroid dienone is 3. The van der Waals surface area contributed by atoms with Crippen LogP contribution in [0.4, 0.5) is 0 Å². The molecule has 0 heterocycles. The minimum absolute atomic E-state index is 0.640. The molecule has 28 heavy (non-hydrogen) atoms. The van der Waals surface area contributed by atoms with Crippen LogP contribution in [0.5, 0.6) is 0 Å². The fourth-order valence-electron chi connectivity index (χ4n) is 4.39. The van der Waals surface area contributed by atoms with Crippen LogP contribution in [0.15, 0.2) is 36.5 Å². The summed E-state index contributed by atoms with van der Waals surface area (Å²) in [5.41, 5.74) is 4.02. The molecule has 0 radical (unpaired) electrons. The monoisotopic (exact) mass is 388 g/mol. The lowest BCUT2D eigenvalue weighted by molar-refractivity contribution is 0.307. The van der Waals surface area contributed by atoms with Gasteiger partial charge in [0.1, 0.15) is 0 Å². The Labute approximate surface area is 179 Å². The third-order valence-electron chi connectivity index (χ3n) is 6.13. The SMILES string of the molecule is C=C(C)CCCCCCCC(CCCCCCCCC)C(CC(=C)C)C(=C)C. The van der Waals surface area contributed by atoms with E-state index in [1.807, 2.05) is 0 Å². The van der Waals surface area contributed by atoms with Gasteiger partial charge in [-0.05, 0) is 64.7 Å². The molecule has 0 aliphatic heterocycles. The maximum atomic E-state index is 4.34. The smallest absolute Gasteiger partial charge is 0.0143 e. The first-order chi connectivity index (χ1) is 13.4. The summed E-state index contributed by atoms with van der Waals surface area (Å²) in [6.45, 7) is 21.4. The third-order valence-corrected chi connectivity index (χ3v) is 6.13. The molecule has 0 saturated heterocycles. The Hall–Kier alpha value is -0.780. The molecule has 0 aromatic heterocycles. The first-order valence-electron chi connectivity index (χ1n) is 12.3. The van der Waals surface area contributed by atoms with Crippen molar-refractivity contribution in [3.63, 3.8) is 0 Å². The molecular formula is C28H52. The summed E-state index contributed by atoms with van der Waals surface area (Å²) in [4.78, 5) is 0. The predicted octanol–water partition coefficient (Wildman–Crippen LogP) is 10.2. The van der Waals surface area contributed by atoms with Crippen LogP contribution in [-0.2, 0) is 0 Å². The molecule has 0 aromatic rings. The van der Waals surface area contributed by atoms with Gasteiger partial charge in [-0.2, -0.15) is 0 Å². The fraction of sp³-hybridized carbons (Fsp3) is 0.786. The lowest BCUT2D eigenvalue weighted by Crippen LogP contribution is -2.17. The minimum Gasteiger partial charge on any atom is -0.100 e. The van der Waals surface area contributed by atoms with E-state index in [2.05, 4.69) is 47.4 Å². The average Bonchev–Trinajstić information content (AvgIpc) is 2.62. The molecule has 0 spiro atoms. The molecule has 0 amide bonds. The van der Waals surface area contributed by atoms with Gasteiger partial charge in [-0.15, -0.1) is 13.2 Å². The van der Waals surface area contributed by atoms with Crippen LogP contribution in [0.1, 0.15) is 130 Å². The van der Waals surface area contributed by atoms with Gasteiger partial charge in [-0.3, -0.25) is 0 Å². The molecular weight excluding hydrogens is 336 g/mol. The Morgan fingerprint density at radius 2 is 1.07 bits per heavy atom. The lowest BCUT2D eigenvalue weighted by Gasteiger charge is -2.28. The Morgan fingerprint density at radius 1 is 0.607 bits per heavy atom. The van der Waals surface area contributed by atoms with Gasteiger partial charge in [-0.25, -0.2) is 0 Å². The first-order valence-corrected chi connectivity index (χ1v) is 12.3. The summed E-state index contributed by atoms with van der Waals surface area (Å²) in [6, 6.07) is 0. The number of hydrogen-bond donors (Lipinski definition) is 0. The number of unbranched alkanes of at least 4 members (excludes halogenated alkanes) is 10. The molecule has 0 nitrogen and oxygen atoms in total. The van der Waals surface area contributed by atoms with E-state index in [9.17, 15) is 0 Å². The molecule has 0 fully saturated rings. The van der Waals surface area contributed by atoms with Gasteiger partial charge >= 0.3 is 0 Å². The summed E-state index contributed by atoms with van der Waals surface area (Å²) < 4.78 is 0. The van der Waals surface area contributed by atoms with Gasteiger partial charge in [0.2, 0.25) is 0 Å². The summed E-state index contributed by atoms with van der Waals surface area (Å²) in [5, 5.41) is 0. The van der Waals surface area contributed by atoms with Crippen LogP contribution < -0.4 is 0 Å². The quantitative estimate of drug-likeness (QED) is 0.144. The number of hydrogen-bond acceptors (Lipinski definition) is 0. The molecule has 0 N–H and O–H groups in total. The molecule has 0 aromatic carbocycles. The van der Waals surface area contributed by atoms with E-state index in [1.165, 1.54) is 113 Å². The molecule has 164 valence electrons. The molecule has 0 saturated carbocycles. The summed E-state index contributed by atoms with van der Waals surface area (Å²) in [5.74, 6) is 1.45. The third kappa shape index (κ3) is 16.2. The first kappa shape index (κ1) is 27.2. The Bertz CT molecular complexity index is 414. The highest BCUT2D eigenvalue weighted by Gasteiger charge is 2.21. The van der Waals surface area contributed by atoms with E-state index in [-0.39, 0.29) is 0 Å². The Kier molecular flexibility index (Phi) is 17.8. The normalized spacial score (nSPS) is 13.3. The summed E-state index contributed by atoms with van der Waals surface area (Å²) in [6.07, 6.45) is 21.8. The topological polar surface area (TPSA) is 0 Å². The molecule has 0 rings (SSSR count).